The van der Waals surface area contributed by atoms with E-state index in [9.17, 15) is 4.39 Å². The van der Waals surface area contributed by atoms with Crippen molar-refractivity contribution < 1.29 is 9.13 Å². The van der Waals surface area contributed by atoms with E-state index >= 15 is 0 Å². The summed E-state index contributed by atoms with van der Waals surface area (Å²) in [5.41, 5.74) is 3.60. The number of halogens is 1. The summed E-state index contributed by atoms with van der Waals surface area (Å²) < 4.78 is 21.0. The first-order chi connectivity index (χ1) is 15.2. The van der Waals surface area contributed by atoms with Crippen molar-refractivity contribution >= 4 is 5.65 Å². The molecule has 31 heavy (non-hydrogen) atoms. The molecule has 0 saturated carbocycles. The first kappa shape index (κ1) is 19.6. The van der Waals surface area contributed by atoms with Crippen molar-refractivity contribution in [1.29, 1.82) is 0 Å². The third-order valence-corrected chi connectivity index (χ3v) is 5.85. The number of hydrogen-bond donors (Lipinski definition) is 0. The second-order valence-corrected chi connectivity index (χ2v) is 7.96. The average Bonchev–Trinajstić information content (AvgIpc) is 3.23. The van der Waals surface area contributed by atoms with E-state index in [0.717, 1.165) is 49.5 Å². The van der Waals surface area contributed by atoms with Gasteiger partial charge in [-0.25, -0.2) is 13.9 Å². The lowest BCUT2D eigenvalue weighted by Crippen LogP contribution is -2.34. The largest absolute Gasteiger partial charge is 0.496 e. The number of aromatic nitrogens is 4. The standard InChI is InChI=1S/C24H24FN5O/c1-31-22-6-5-20(25)13-21(22)18-4-7-23-27-24(28-30(23)16-18)19-3-2-12-29(15-19)14-17-8-10-26-11-9-17/h4-11,13,16,19H,2-3,12,14-15H2,1H3/t19-/m1/s1. The molecule has 0 unspecified atom stereocenters. The molecule has 0 N–H and O–H groups in total. The topological polar surface area (TPSA) is 55.5 Å². The Morgan fingerprint density at radius 1 is 1.13 bits per heavy atom. The molecule has 0 radical (unpaired) electrons. The van der Waals surface area contributed by atoms with E-state index in [0.29, 0.717) is 17.2 Å². The molecule has 1 aromatic carbocycles. The van der Waals surface area contributed by atoms with Gasteiger partial charge in [0.2, 0.25) is 0 Å². The molecule has 1 aliphatic heterocycles. The number of piperidine rings is 1. The van der Waals surface area contributed by atoms with Crippen LogP contribution in [0.15, 0.2) is 61.1 Å². The average molecular weight is 417 g/mol. The Hall–Kier alpha value is -3.32. The molecular formula is C24H24FN5O. The number of likely N-dealkylation sites (tertiary alicyclic amines) is 1. The fourth-order valence-electron chi connectivity index (χ4n) is 4.29. The van der Waals surface area contributed by atoms with Crippen LogP contribution in [0.5, 0.6) is 5.75 Å². The van der Waals surface area contributed by atoms with E-state index in [4.69, 9.17) is 14.8 Å². The normalized spacial score (nSPS) is 17.2. The lowest BCUT2D eigenvalue weighted by Gasteiger charge is -2.31. The molecule has 0 spiro atoms. The lowest BCUT2D eigenvalue weighted by atomic mass is 9.97. The molecule has 3 aromatic heterocycles. The molecule has 0 bridgehead atoms. The first-order valence-corrected chi connectivity index (χ1v) is 10.5. The Morgan fingerprint density at radius 3 is 2.84 bits per heavy atom. The van der Waals surface area contributed by atoms with Gasteiger partial charge in [-0.3, -0.25) is 9.88 Å². The molecule has 0 aliphatic carbocycles. The summed E-state index contributed by atoms with van der Waals surface area (Å²) in [6.45, 7) is 2.93. The van der Waals surface area contributed by atoms with Gasteiger partial charge in [0.15, 0.2) is 11.5 Å². The van der Waals surface area contributed by atoms with Crippen molar-refractivity contribution in [1.82, 2.24) is 24.5 Å². The minimum Gasteiger partial charge on any atom is -0.496 e. The zero-order valence-corrected chi connectivity index (χ0v) is 17.4. The van der Waals surface area contributed by atoms with E-state index in [1.54, 1.807) is 17.7 Å². The molecule has 1 aliphatic rings. The molecule has 1 saturated heterocycles. The highest BCUT2D eigenvalue weighted by molar-refractivity contribution is 5.71. The van der Waals surface area contributed by atoms with E-state index in [-0.39, 0.29) is 5.82 Å². The third kappa shape index (κ3) is 4.14. The van der Waals surface area contributed by atoms with Crippen molar-refractivity contribution in [2.24, 2.45) is 0 Å². The van der Waals surface area contributed by atoms with Gasteiger partial charge in [-0.15, -0.1) is 0 Å². The van der Waals surface area contributed by atoms with Gasteiger partial charge < -0.3 is 4.74 Å². The Balaban J connectivity index is 1.39. The number of fused-ring (bicyclic) bond motifs is 1. The van der Waals surface area contributed by atoms with E-state index in [2.05, 4.69) is 22.0 Å². The van der Waals surface area contributed by atoms with Gasteiger partial charge in [0.1, 0.15) is 11.6 Å². The number of hydrogen-bond acceptors (Lipinski definition) is 5. The van der Waals surface area contributed by atoms with Crippen LogP contribution in [0.1, 0.15) is 30.1 Å². The number of methoxy groups -OCH3 is 1. The predicted molar refractivity (Wildman–Crippen MR) is 116 cm³/mol. The summed E-state index contributed by atoms with van der Waals surface area (Å²) >= 11 is 0. The number of nitrogens with zero attached hydrogens (tertiary/aromatic N) is 5. The van der Waals surface area contributed by atoms with Crippen LogP contribution >= 0.6 is 0 Å². The molecule has 1 fully saturated rings. The first-order valence-electron chi connectivity index (χ1n) is 10.5. The lowest BCUT2D eigenvalue weighted by molar-refractivity contribution is 0.196. The highest BCUT2D eigenvalue weighted by Crippen LogP contribution is 2.31. The SMILES string of the molecule is COc1ccc(F)cc1-c1ccc2nc([C@@H]3CCCN(Cc4ccncc4)C3)nn2c1. The molecule has 4 aromatic rings. The molecule has 7 heteroatoms. The fourth-order valence-corrected chi connectivity index (χ4v) is 4.29. The van der Waals surface area contributed by atoms with Crippen molar-refractivity contribution in [2.75, 3.05) is 20.2 Å². The van der Waals surface area contributed by atoms with Crippen molar-refractivity contribution in [3.05, 3.63) is 78.3 Å². The van der Waals surface area contributed by atoms with Gasteiger partial charge >= 0.3 is 0 Å². The summed E-state index contributed by atoms with van der Waals surface area (Å²) in [6.07, 6.45) is 7.77. The zero-order chi connectivity index (χ0) is 21.2. The minimum absolute atomic E-state index is 0.294. The second-order valence-electron chi connectivity index (χ2n) is 7.96. The van der Waals surface area contributed by atoms with Gasteiger partial charge in [0.05, 0.1) is 7.11 Å². The van der Waals surface area contributed by atoms with E-state index in [1.165, 1.54) is 17.7 Å². The van der Waals surface area contributed by atoms with Crippen LogP contribution in [0.2, 0.25) is 0 Å². The molecule has 158 valence electrons. The summed E-state index contributed by atoms with van der Waals surface area (Å²) in [5, 5.41) is 4.78. The molecule has 0 amide bonds. The Morgan fingerprint density at radius 2 is 2.00 bits per heavy atom. The van der Waals surface area contributed by atoms with E-state index in [1.807, 2.05) is 30.7 Å². The molecular weight excluding hydrogens is 393 g/mol. The van der Waals surface area contributed by atoms with Crippen molar-refractivity contribution in [2.45, 2.75) is 25.3 Å². The molecule has 6 nitrogen and oxygen atoms in total. The molecule has 1 atom stereocenters. The summed E-state index contributed by atoms with van der Waals surface area (Å²) in [5.74, 6) is 1.48. The van der Waals surface area contributed by atoms with E-state index < -0.39 is 0 Å². The summed E-state index contributed by atoms with van der Waals surface area (Å²) in [7, 11) is 1.59. The minimum atomic E-state index is -0.299. The van der Waals surface area contributed by atoms with Gasteiger partial charge in [-0.05, 0) is 67.4 Å². The van der Waals surface area contributed by atoms with Crippen LogP contribution in [0.4, 0.5) is 4.39 Å². The van der Waals surface area contributed by atoms with Crippen LogP contribution in [0.3, 0.4) is 0 Å². The Bertz CT molecular complexity index is 1190. The van der Waals surface area contributed by atoms with Crippen LogP contribution in [-0.2, 0) is 6.54 Å². The Kier molecular flexibility index (Phi) is 5.34. The fraction of sp³-hybridized carbons (Fsp3) is 0.292. The number of pyridine rings is 2. The number of ether oxygens (including phenoxy) is 1. The summed E-state index contributed by atoms with van der Waals surface area (Å²) in [4.78, 5) is 11.3. The highest BCUT2D eigenvalue weighted by Gasteiger charge is 2.25. The van der Waals surface area contributed by atoms with Gasteiger partial charge in [0, 0.05) is 48.7 Å². The molecule has 5 rings (SSSR count). The number of rotatable bonds is 5. The van der Waals surface area contributed by atoms with Crippen LogP contribution in [0, 0.1) is 5.82 Å². The smallest absolute Gasteiger partial charge is 0.156 e. The van der Waals surface area contributed by atoms with Crippen LogP contribution < -0.4 is 4.74 Å². The van der Waals surface area contributed by atoms with Gasteiger partial charge in [-0.2, -0.15) is 5.10 Å². The monoisotopic (exact) mass is 417 g/mol. The quantitative estimate of drug-likeness (QED) is 0.484. The van der Waals surface area contributed by atoms with Crippen molar-refractivity contribution in [3.63, 3.8) is 0 Å². The maximum atomic E-state index is 13.8. The Labute approximate surface area is 180 Å². The predicted octanol–water partition coefficient (Wildman–Crippen LogP) is 4.32. The highest BCUT2D eigenvalue weighted by atomic mass is 19.1. The zero-order valence-electron chi connectivity index (χ0n) is 17.4. The maximum absolute atomic E-state index is 13.8. The van der Waals surface area contributed by atoms with Crippen LogP contribution in [0.25, 0.3) is 16.8 Å². The third-order valence-electron chi connectivity index (χ3n) is 5.85. The summed E-state index contributed by atoms with van der Waals surface area (Å²) in [6, 6.07) is 12.5. The van der Waals surface area contributed by atoms with Gasteiger partial charge in [0.25, 0.3) is 0 Å². The van der Waals surface area contributed by atoms with Crippen LogP contribution in [-0.4, -0.2) is 44.7 Å². The van der Waals surface area contributed by atoms with Gasteiger partial charge in [-0.1, -0.05) is 0 Å². The maximum Gasteiger partial charge on any atom is 0.156 e. The number of benzene rings is 1. The molecule has 4 heterocycles. The second kappa shape index (κ2) is 8.43. The van der Waals surface area contributed by atoms with Crippen molar-refractivity contribution in [3.8, 4) is 16.9 Å².